The maximum atomic E-state index is 9.39. The van der Waals surface area contributed by atoms with Crippen LogP contribution < -0.4 is 4.90 Å². The van der Waals surface area contributed by atoms with E-state index in [9.17, 15) is 10.5 Å². The Morgan fingerprint density at radius 3 is 2.65 bits per heavy atom. The molecular formula is C18H18N4S. The highest BCUT2D eigenvalue weighted by molar-refractivity contribution is 7.09. The molecule has 0 amide bonds. The van der Waals surface area contributed by atoms with Crippen molar-refractivity contribution in [3.05, 3.63) is 45.4 Å². The quantitative estimate of drug-likeness (QED) is 0.861. The first-order valence-corrected chi connectivity index (χ1v) is 8.77. The molecule has 2 heterocycles. The molecule has 1 fully saturated rings. The van der Waals surface area contributed by atoms with Crippen LogP contribution in [0.25, 0.3) is 0 Å². The van der Waals surface area contributed by atoms with Crippen molar-refractivity contribution in [3.63, 3.8) is 0 Å². The molecule has 3 rings (SSSR count). The summed E-state index contributed by atoms with van der Waals surface area (Å²) >= 11 is 1.73. The number of hydrogen-bond donors (Lipinski definition) is 0. The summed E-state index contributed by atoms with van der Waals surface area (Å²) in [7, 11) is 0. The molecular weight excluding hydrogens is 304 g/mol. The summed E-state index contributed by atoms with van der Waals surface area (Å²) in [6.07, 6.45) is 3.13. The van der Waals surface area contributed by atoms with Gasteiger partial charge in [0.15, 0.2) is 0 Å². The molecule has 1 atom stereocenters. The van der Waals surface area contributed by atoms with Gasteiger partial charge in [-0.3, -0.25) is 0 Å². The fourth-order valence-electron chi connectivity index (χ4n) is 3.12. The molecule has 23 heavy (non-hydrogen) atoms. The van der Waals surface area contributed by atoms with Crippen LogP contribution in [0.3, 0.4) is 0 Å². The molecule has 1 aromatic carbocycles. The molecule has 1 aliphatic rings. The molecule has 0 spiro atoms. The predicted molar refractivity (Wildman–Crippen MR) is 91.6 cm³/mol. The van der Waals surface area contributed by atoms with Crippen LogP contribution in [-0.2, 0) is 6.42 Å². The molecule has 5 heteroatoms. The first kappa shape index (κ1) is 15.5. The monoisotopic (exact) mass is 322 g/mol. The largest absolute Gasteiger partial charge is 0.369 e. The number of aromatic nitrogens is 1. The van der Waals surface area contributed by atoms with Crippen molar-refractivity contribution < 1.29 is 0 Å². The molecule has 1 aromatic heterocycles. The number of benzene rings is 1. The van der Waals surface area contributed by atoms with Gasteiger partial charge in [0, 0.05) is 24.4 Å². The van der Waals surface area contributed by atoms with Crippen LogP contribution in [0.5, 0.6) is 0 Å². The Morgan fingerprint density at radius 1 is 1.30 bits per heavy atom. The Morgan fingerprint density at radius 2 is 2.04 bits per heavy atom. The van der Waals surface area contributed by atoms with Gasteiger partial charge in [-0.25, -0.2) is 4.98 Å². The number of thiazole rings is 1. The lowest BCUT2D eigenvalue weighted by molar-refractivity contribution is 0.507. The van der Waals surface area contributed by atoms with E-state index in [0.29, 0.717) is 17.0 Å². The van der Waals surface area contributed by atoms with Crippen LogP contribution in [0.15, 0.2) is 23.6 Å². The molecule has 0 saturated carbocycles. The molecule has 0 bridgehead atoms. The van der Waals surface area contributed by atoms with Gasteiger partial charge in [-0.1, -0.05) is 13.0 Å². The van der Waals surface area contributed by atoms with Crippen LogP contribution in [0.4, 0.5) is 5.69 Å². The van der Waals surface area contributed by atoms with E-state index in [1.54, 1.807) is 29.5 Å². The zero-order valence-corrected chi connectivity index (χ0v) is 13.9. The zero-order valence-electron chi connectivity index (χ0n) is 13.1. The average Bonchev–Trinajstić information content (AvgIpc) is 3.10. The highest BCUT2D eigenvalue weighted by Gasteiger charge is 2.26. The van der Waals surface area contributed by atoms with E-state index in [4.69, 9.17) is 4.98 Å². The fourth-order valence-corrected chi connectivity index (χ4v) is 4.15. The third-order valence-electron chi connectivity index (χ3n) is 4.30. The molecule has 0 radical (unpaired) electrons. The van der Waals surface area contributed by atoms with Gasteiger partial charge in [0.2, 0.25) is 0 Å². The number of anilines is 1. The molecule has 1 aliphatic heterocycles. The normalized spacial score (nSPS) is 17.5. The predicted octanol–water partition coefficient (Wildman–Crippen LogP) is 3.83. The van der Waals surface area contributed by atoms with Crippen LogP contribution in [0.1, 0.15) is 47.5 Å². The van der Waals surface area contributed by atoms with E-state index in [0.717, 1.165) is 43.7 Å². The maximum Gasteiger partial charge on any atom is 0.101 e. The van der Waals surface area contributed by atoms with Crippen LogP contribution >= 0.6 is 11.3 Å². The van der Waals surface area contributed by atoms with Crippen LogP contribution in [-0.4, -0.2) is 18.1 Å². The van der Waals surface area contributed by atoms with Gasteiger partial charge >= 0.3 is 0 Å². The third-order valence-corrected chi connectivity index (χ3v) is 5.35. The number of aryl methyl sites for hydroxylation is 1. The second-order valence-electron chi connectivity index (χ2n) is 5.74. The topological polar surface area (TPSA) is 63.7 Å². The highest BCUT2D eigenvalue weighted by Crippen LogP contribution is 2.34. The summed E-state index contributed by atoms with van der Waals surface area (Å²) < 4.78 is 0. The second-order valence-corrected chi connectivity index (χ2v) is 6.63. The minimum Gasteiger partial charge on any atom is -0.369 e. The Kier molecular flexibility index (Phi) is 4.60. The summed E-state index contributed by atoms with van der Waals surface area (Å²) in [5, 5.41) is 22.1. The fraction of sp³-hybridized carbons (Fsp3) is 0.389. The van der Waals surface area contributed by atoms with Gasteiger partial charge in [0.1, 0.15) is 12.1 Å². The second kappa shape index (κ2) is 6.81. The van der Waals surface area contributed by atoms with E-state index in [1.807, 2.05) is 0 Å². The lowest BCUT2D eigenvalue weighted by Gasteiger charge is -2.34. The number of nitriles is 2. The summed E-state index contributed by atoms with van der Waals surface area (Å²) in [4.78, 5) is 6.92. The van der Waals surface area contributed by atoms with Crippen molar-refractivity contribution >= 4 is 17.0 Å². The zero-order chi connectivity index (χ0) is 16.2. The number of rotatable bonds is 3. The van der Waals surface area contributed by atoms with Crippen molar-refractivity contribution in [1.29, 1.82) is 10.5 Å². The van der Waals surface area contributed by atoms with Gasteiger partial charge in [0.05, 0.1) is 27.5 Å². The summed E-state index contributed by atoms with van der Waals surface area (Å²) in [5.74, 6) is 0.382. The molecule has 1 unspecified atom stereocenters. The molecule has 0 aliphatic carbocycles. The van der Waals surface area contributed by atoms with Gasteiger partial charge < -0.3 is 4.90 Å². The van der Waals surface area contributed by atoms with E-state index in [1.165, 1.54) is 5.01 Å². The molecule has 0 N–H and O–H groups in total. The lowest BCUT2D eigenvalue weighted by atomic mass is 9.96. The van der Waals surface area contributed by atoms with Crippen molar-refractivity contribution in [2.24, 2.45) is 0 Å². The first-order chi connectivity index (χ1) is 11.3. The lowest BCUT2D eigenvalue weighted by Crippen LogP contribution is -2.35. The Hall–Kier alpha value is -2.37. The van der Waals surface area contributed by atoms with Gasteiger partial charge in [0.25, 0.3) is 0 Å². The Balaban J connectivity index is 1.90. The minimum atomic E-state index is 0.382. The van der Waals surface area contributed by atoms with Gasteiger partial charge in [-0.2, -0.15) is 10.5 Å². The number of piperidine rings is 1. The summed E-state index contributed by atoms with van der Waals surface area (Å²) in [6.45, 7) is 3.83. The number of para-hydroxylation sites is 1. The maximum absolute atomic E-state index is 9.39. The van der Waals surface area contributed by atoms with E-state index >= 15 is 0 Å². The van der Waals surface area contributed by atoms with Gasteiger partial charge in [-0.15, -0.1) is 11.3 Å². The summed E-state index contributed by atoms with van der Waals surface area (Å²) in [5.41, 5.74) is 3.10. The van der Waals surface area contributed by atoms with Crippen molar-refractivity contribution in [2.45, 2.75) is 32.1 Å². The molecule has 1 saturated heterocycles. The van der Waals surface area contributed by atoms with E-state index in [-0.39, 0.29) is 0 Å². The Labute approximate surface area is 140 Å². The van der Waals surface area contributed by atoms with Crippen molar-refractivity contribution in [1.82, 2.24) is 4.98 Å². The minimum absolute atomic E-state index is 0.382. The molecule has 2 aromatic rings. The number of hydrogen-bond acceptors (Lipinski definition) is 5. The van der Waals surface area contributed by atoms with Crippen LogP contribution in [0.2, 0.25) is 0 Å². The average molecular weight is 322 g/mol. The smallest absolute Gasteiger partial charge is 0.101 e. The third kappa shape index (κ3) is 3.06. The highest BCUT2D eigenvalue weighted by atomic mass is 32.1. The SMILES string of the molecule is CCc1csc(C2CCCN(c3c(C#N)cccc3C#N)C2)n1. The van der Waals surface area contributed by atoms with E-state index in [2.05, 4.69) is 29.3 Å². The molecule has 116 valence electrons. The van der Waals surface area contributed by atoms with Gasteiger partial charge in [-0.05, 0) is 31.4 Å². The Bertz CT molecular complexity index is 749. The van der Waals surface area contributed by atoms with Crippen molar-refractivity contribution in [2.75, 3.05) is 18.0 Å². The van der Waals surface area contributed by atoms with Crippen molar-refractivity contribution in [3.8, 4) is 12.1 Å². The number of nitrogens with zero attached hydrogens (tertiary/aromatic N) is 4. The van der Waals surface area contributed by atoms with E-state index < -0.39 is 0 Å². The first-order valence-electron chi connectivity index (χ1n) is 7.89. The van der Waals surface area contributed by atoms with Crippen LogP contribution in [0, 0.1) is 22.7 Å². The summed E-state index contributed by atoms with van der Waals surface area (Å²) in [6, 6.07) is 9.81. The molecule has 4 nitrogen and oxygen atoms in total. The standard InChI is InChI=1S/C18H18N4S/c1-2-16-12-23-18(21-16)15-7-4-8-22(11-15)17-13(9-19)5-3-6-14(17)10-20/h3,5-6,12,15H,2,4,7-8,11H2,1H3.